The van der Waals surface area contributed by atoms with Crippen molar-refractivity contribution in [2.24, 2.45) is 5.73 Å². The highest BCUT2D eigenvalue weighted by molar-refractivity contribution is 5.92. The summed E-state index contributed by atoms with van der Waals surface area (Å²) in [5.74, 6) is -0.913. The molecule has 5 rings (SSSR count). The van der Waals surface area contributed by atoms with E-state index in [1.807, 2.05) is 6.07 Å². The summed E-state index contributed by atoms with van der Waals surface area (Å²) in [4.78, 5) is 7.14. The largest absolute Gasteiger partial charge is 0.419 e. The van der Waals surface area contributed by atoms with Gasteiger partial charge in [-0.2, -0.15) is 18.3 Å². The number of aryl methyl sites for hydroxylation is 1. The van der Waals surface area contributed by atoms with Gasteiger partial charge in [0.05, 0.1) is 24.5 Å². The molecule has 0 amide bonds. The zero-order valence-electron chi connectivity index (χ0n) is 19.1. The lowest BCUT2D eigenvalue weighted by atomic mass is 9.87. The second-order valence-corrected chi connectivity index (χ2v) is 9.10. The number of nitrogens with one attached hydrogen (secondary N) is 1. The summed E-state index contributed by atoms with van der Waals surface area (Å²) < 4.78 is 59.8. The van der Waals surface area contributed by atoms with Crippen LogP contribution in [0.1, 0.15) is 47.4 Å². The van der Waals surface area contributed by atoms with Gasteiger partial charge < -0.3 is 15.8 Å². The molecule has 2 fully saturated rings. The van der Waals surface area contributed by atoms with Crippen molar-refractivity contribution in [3.8, 4) is 0 Å². The number of pyridine rings is 1. The zero-order chi connectivity index (χ0) is 24.7. The molecule has 2 aromatic heterocycles. The molecule has 3 atom stereocenters. The average molecular weight is 491 g/mol. The Hall–Kier alpha value is -2.89. The number of piperidine rings is 1. The van der Waals surface area contributed by atoms with Crippen LogP contribution in [0.4, 0.5) is 23.4 Å². The average Bonchev–Trinajstić information content (AvgIpc) is 2.84. The number of nitrogens with two attached hydrogens (primary N) is 1. The van der Waals surface area contributed by atoms with Crippen LogP contribution in [0, 0.1) is 12.7 Å². The minimum Gasteiger partial charge on any atom is -0.378 e. The summed E-state index contributed by atoms with van der Waals surface area (Å²) in [7, 11) is 0. The van der Waals surface area contributed by atoms with Gasteiger partial charge in [0.1, 0.15) is 12.0 Å². The molecule has 11 heteroatoms. The normalized spacial score (nSPS) is 22.1. The number of anilines is 1. The first kappa shape index (κ1) is 23.8. The number of rotatable bonds is 4. The molecule has 186 valence electrons. The summed E-state index contributed by atoms with van der Waals surface area (Å²) in [5.41, 5.74) is 5.98. The fraction of sp³-hybridized carbons (Fsp3) is 0.458. The van der Waals surface area contributed by atoms with E-state index in [0.29, 0.717) is 29.8 Å². The van der Waals surface area contributed by atoms with Crippen molar-refractivity contribution in [2.45, 2.75) is 44.1 Å². The van der Waals surface area contributed by atoms with Gasteiger partial charge in [-0.25, -0.2) is 4.39 Å². The van der Waals surface area contributed by atoms with Crippen molar-refractivity contribution in [2.75, 3.05) is 31.6 Å². The molecule has 2 aliphatic heterocycles. The molecule has 0 radical (unpaired) electrons. The van der Waals surface area contributed by atoms with Crippen LogP contribution in [0.5, 0.6) is 0 Å². The van der Waals surface area contributed by atoms with Crippen LogP contribution in [0.2, 0.25) is 0 Å². The predicted molar refractivity (Wildman–Crippen MR) is 122 cm³/mol. The van der Waals surface area contributed by atoms with Gasteiger partial charge in [-0.05, 0) is 38.4 Å². The molecule has 7 nitrogen and oxygen atoms in total. The number of nitrogens with zero attached hydrogens (tertiary/aromatic N) is 4. The first-order chi connectivity index (χ1) is 16.7. The van der Waals surface area contributed by atoms with Gasteiger partial charge in [0.2, 0.25) is 0 Å². The van der Waals surface area contributed by atoms with E-state index < -0.39 is 23.7 Å². The fourth-order valence-electron chi connectivity index (χ4n) is 4.99. The van der Waals surface area contributed by atoms with E-state index in [-0.39, 0.29) is 17.3 Å². The van der Waals surface area contributed by atoms with Crippen molar-refractivity contribution in [3.05, 3.63) is 58.8 Å². The molecule has 2 aliphatic rings. The highest BCUT2D eigenvalue weighted by Gasteiger charge is 2.36. The number of hydrogen-bond acceptors (Lipinski definition) is 7. The smallest absolute Gasteiger partial charge is 0.378 e. The van der Waals surface area contributed by atoms with Crippen LogP contribution >= 0.6 is 0 Å². The number of fused-ring (bicyclic) bond motifs is 2. The van der Waals surface area contributed by atoms with Gasteiger partial charge in [0.15, 0.2) is 5.82 Å². The Morgan fingerprint density at radius 1 is 1.20 bits per heavy atom. The minimum atomic E-state index is -4.82. The maximum absolute atomic E-state index is 14.6. The van der Waals surface area contributed by atoms with Gasteiger partial charge in [-0.3, -0.25) is 9.88 Å². The van der Waals surface area contributed by atoms with Crippen molar-refractivity contribution in [1.29, 1.82) is 0 Å². The highest BCUT2D eigenvalue weighted by Crippen LogP contribution is 2.36. The SMILES string of the molecule is Cc1nnc(N[C@H](N)c2cccc(C(F)(F)F)c2F)c2cc(C3CCN4CCOC[C@@H]4C3)ncc12. The summed E-state index contributed by atoms with van der Waals surface area (Å²) in [5, 5.41) is 12.6. The Morgan fingerprint density at radius 2 is 2.03 bits per heavy atom. The van der Waals surface area contributed by atoms with E-state index >= 15 is 0 Å². The van der Waals surface area contributed by atoms with Crippen LogP contribution in [-0.4, -0.2) is 52.4 Å². The van der Waals surface area contributed by atoms with Gasteiger partial charge >= 0.3 is 6.18 Å². The number of hydrogen-bond donors (Lipinski definition) is 2. The van der Waals surface area contributed by atoms with E-state index in [1.54, 1.807) is 13.1 Å². The third-order valence-electron chi connectivity index (χ3n) is 6.92. The molecule has 4 heterocycles. The summed E-state index contributed by atoms with van der Waals surface area (Å²) in [6.07, 6.45) is -2.47. The van der Waals surface area contributed by atoms with Gasteiger partial charge in [0.25, 0.3) is 0 Å². The quantitative estimate of drug-likeness (QED) is 0.420. The second kappa shape index (κ2) is 9.29. The van der Waals surface area contributed by atoms with Gasteiger partial charge in [-0.1, -0.05) is 12.1 Å². The van der Waals surface area contributed by atoms with E-state index in [9.17, 15) is 17.6 Å². The molecule has 2 saturated heterocycles. The maximum Gasteiger partial charge on any atom is 0.419 e. The van der Waals surface area contributed by atoms with Crippen molar-refractivity contribution >= 4 is 16.6 Å². The molecule has 0 aliphatic carbocycles. The van der Waals surface area contributed by atoms with E-state index in [0.717, 1.165) is 49.7 Å². The number of aromatic nitrogens is 3. The molecule has 0 saturated carbocycles. The Balaban J connectivity index is 1.45. The lowest BCUT2D eigenvalue weighted by molar-refractivity contribution is -0.140. The first-order valence-electron chi connectivity index (χ1n) is 11.5. The molecular formula is C24H26F4N6O. The summed E-state index contributed by atoms with van der Waals surface area (Å²) in [6, 6.07) is 5.32. The Kier molecular flexibility index (Phi) is 6.32. The lowest BCUT2D eigenvalue weighted by Gasteiger charge is -2.42. The standard InChI is InChI=1S/C24H26F4N6O/c1-13-18-11-30-20(14-5-6-34-7-8-35-12-15(34)9-14)10-17(18)23(33-32-13)31-22(29)16-3-2-4-19(21(16)25)24(26,27)28/h2-4,10-11,14-15,22H,5-9,12,29H2,1H3,(H,31,33)/t14?,15-,22-/m0/s1. The van der Waals surface area contributed by atoms with Crippen molar-refractivity contribution in [3.63, 3.8) is 0 Å². The maximum atomic E-state index is 14.6. The third-order valence-corrected chi connectivity index (χ3v) is 6.92. The third kappa shape index (κ3) is 4.67. The van der Waals surface area contributed by atoms with E-state index in [1.165, 1.54) is 6.07 Å². The summed E-state index contributed by atoms with van der Waals surface area (Å²) in [6.45, 7) is 5.17. The molecular weight excluding hydrogens is 464 g/mol. The Bertz CT molecular complexity index is 1240. The van der Waals surface area contributed by atoms with E-state index in [2.05, 4.69) is 25.4 Å². The molecule has 3 aromatic rings. The number of morpholine rings is 1. The van der Waals surface area contributed by atoms with Crippen molar-refractivity contribution in [1.82, 2.24) is 20.1 Å². The van der Waals surface area contributed by atoms with Gasteiger partial charge in [-0.15, -0.1) is 5.10 Å². The van der Waals surface area contributed by atoms with Crippen LogP contribution in [0.25, 0.3) is 10.8 Å². The number of alkyl halides is 3. The Labute approximate surface area is 199 Å². The molecule has 35 heavy (non-hydrogen) atoms. The topological polar surface area (TPSA) is 89.2 Å². The zero-order valence-corrected chi connectivity index (χ0v) is 19.1. The van der Waals surface area contributed by atoms with E-state index in [4.69, 9.17) is 10.5 Å². The van der Waals surface area contributed by atoms with Crippen LogP contribution < -0.4 is 11.1 Å². The molecule has 0 spiro atoms. The molecule has 1 aromatic carbocycles. The monoisotopic (exact) mass is 490 g/mol. The number of benzene rings is 1. The summed E-state index contributed by atoms with van der Waals surface area (Å²) >= 11 is 0. The number of ether oxygens (including phenoxy) is 1. The number of halogens is 4. The van der Waals surface area contributed by atoms with Gasteiger partial charge in [0, 0.05) is 46.7 Å². The van der Waals surface area contributed by atoms with Crippen molar-refractivity contribution < 1.29 is 22.3 Å². The first-order valence-corrected chi connectivity index (χ1v) is 11.5. The van der Waals surface area contributed by atoms with Crippen LogP contribution in [-0.2, 0) is 10.9 Å². The molecule has 3 N–H and O–H groups in total. The Morgan fingerprint density at radius 3 is 2.83 bits per heavy atom. The predicted octanol–water partition coefficient (Wildman–Crippen LogP) is 4.14. The van der Waals surface area contributed by atoms with Crippen LogP contribution in [0.3, 0.4) is 0 Å². The van der Waals surface area contributed by atoms with Crippen LogP contribution in [0.15, 0.2) is 30.5 Å². The molecule has 0 bridgehead atoms. The molecule has 1 unspecified atom stereocenters. The lowest BCUT2D eigenvalue weighted by Crippen LogP contribution is -2.49. The minimum absolute atomic E-state index is 0.234. The second-order valence-electron chi connectivity index (χ2n) is 9.10. The fourth-order valence-corrected chi connectivity index (χ4v) is 4.99. The highest BCUT2D eigenvalue weighted by atomic mass is 19.4.